The van der Waals surface area contributed by atoms with Gasteiger partial charge in [-0.05, 0) is 6.92 Å². The van der Waals surface area contributed by atoms with Crippen molar-refractivity contribution < 1.29 is 40.6 Å². The summed E-state index contributed by atoms with van der Waals surface area (Å²) in [6.45, 7) is 3.36. The van der Waals surface area contributed by atoms with E-state index in [1.807, 2.05) is 0 Å². The second-order valence-electron chi connectivity index (χ2n) is 3.77. The van der Waals surface area contributed by atoms with Crippen molar-refractivity contribution in [2.24, 2.45) is 7.05 Å². The Morgan fingerprint density at radius 1 is 1.39 bits per heavy atom. The molecule has 0 bridgehead atoms. The van der Waals surface area contributed by atoms with Crippen molar-refractivity contribution in [3.8, 4) is 0 Å². The normalized spacial score (nSPS) is 13.1. The summed E-state index contributed by atoms with van der Waals surface area (Å²) in [5, 5.41) is 0. The van der Waals surface area contributed by atoms with Crippen LogP contribution in [0.2, 0.25) is 0 Å². The maximum atomic E-state index is 11.9. The Morgan fingerprint density at radius 2 is 2.00 bits per heavy atom. The van der Waals surface area contributed by atoms with E-state index in [9.17, 15) is 9.59 Å². The number of aromatic nitrogens is 2. The molecule has 7 heteroatoms. The second-order valence-corrected chi connectivity index (χ2v) is 3.77. The Labute approximate surface area is 116 Å². The van der Waals surface area contributed by atoms with Crippen LogP contribution >= 0.6 is 0 Å². The van der Waals surface area contributed by atoms with E-state index < -0.39 is 17.5 Å². The van der Waals surface area contributed by atoms with Crippen LogP contribution in [0.5, 0.6) is 0 Å². The van der Waals surface area contributed by atoms with Gasteiger partial charge in [0.2, 0.25) is 6.33 Å². The van der Waals surface area contributed by atoms with E-state index >= 15 is 0 Å². The van der Waals surface area contributed by atoms with Crippen molar-refractivity contribution in [2.75, 3.05) is 13.7 Å². The number of aryl methyl sites for hydroxylation is 1. The van der Waals surface area contributed by atoms with Crippen molar-refractivity contribution in [1.82, 2.24) is 4.57 Å². The number of halogens is 1. The highest BCUT2D eigenvalue weighted by Gasteiger charge is 2.50. The lowest BCUT2D eigenvalue weighted by atomic mass is 10.0. The van der Waals surface area contributed by atoms with E-state index in [1.165, 1.54) is 18.6 Å². The van der Waals surface area contributed by atoms with Crippen LogP contribution in [-0.2, 0) is 31.6 Å². The molecule has 0 spiro atoms. The van der Waals surface area contributed by atoms with Gasteiger partial charge in [-0.2, -0.15) is 0 Å². The maximum absolute atomic E-state index is 11.9. The molecule has 1 rings (SSSR count). The molecule has 0 saturated heterocycles. The van der Waals surface area contributed by atoms with Crippen LogP contribution in [0, 0.1) is 0 Å². The molecular formula is C11H17BrN2O4. The number of methoxy groups -OCH3 is 1. The third-order valence-corrected chi connectivity index (χ3v) is 2.54. The zero-order chi connectivity index (χ0) is 13.1. The molecule has 0 N–H and O–H groups in total. The Hall–Kier alpha value is -1.37. The Bertz CT molecular complexity index is 432. The van der Waals surface area contributed by atoms with Crippen LogP contribution in [0.25, 0.3) is 0 Å². The smallest absolute Gasteiger partial charge is 0.366 e. The summed E-state index contributed by atoms with van der Waals surface area (Å²) in [5.41, 5.74) is -1.49. The van der Waals surface area contributed by atoms with Crippen LogP contribution in [0.1, 0.15) is 13.8 Å². The molecular weight excluding hydrogens is 304 g/mol. The van der Waals surface area contributed by atoms with Crippen molar-refractivity contribution in [1.29, 1.82) is 0 Å². The summed E-state index contributed by atoms with van der Waals surface area (Å²) in [4.78, 5) is 23.7. The minimum atomic E-state index is -1.49. The predicted octanol–water partition coefficient (Wildman–Crippen LogP) is -3.23. The number of hydrogen-bond donors (Lipinski definition) is 0. The molecule has 1 atom stereocenters. The highest BCUT2D eigenvalue weighted by Crippen LogP contribution is 2.19. The van der Waals surface area contributed by atoms with E-state index in [-0.39, 0.29) is 23.6 Å². The van der Waals surface area contributed by atoms with Gasteiger partial charge in [-0.25, -0.2) is 18.7 Å². The molecule has 6 nitrogen and oxygen atoms in total. The number of ether oxygens (including phenoxy) is 2. The molecule has 1 aromatic rings. The number of carbonyl (C=O) groups excluding carboxylic acids is 2. The lowest BCUT2D eigenvalue weighted by molar-refractivity contribution is -0.671. The molecule has 1 unspecified atom stereocenters. The van der Waals surface area contributed by atoms with Crippen molar-refractivity contribution in [3.05, 3.63) is 18.7 Å². The fourth-order valence-electron chi connectivity index (χ4n) is 1.48. The van der Waals surface area contributed by atoms with Crippen molar-refractivity contribution in [3.63, 3.8) is 0 Å². The lowest BCUT2D eigenvalue weighted by Crippen LogP contribution is -3.00. The summed E-state index contributed by atoms with van der Waals surface area (Å²) >= 11 is 0. The van der Waals surface area contributed by atoms with Gasteiger partial charge >= 0.3 is 17.5 Å². The third-order valence-electron chi connectivity index (χ3n) is 2.54. The molecule has 0 aromatic carbocycles. The molecule has 0 aliphatic carbocycles. The zero-order valence-corrected chi connectivity index (χ0v) is 12.4. The van der Waals surface area contributed by atoms with Gasteiger partial charge in [0.15, 0.2) is 0 Å². The molecule has 1 aromatic heterocycles. The fraction of sp³-hybridized carbons (Fsp3) is 0.545. The van der Waals surface area contributed by atoms with E-state index in [4.69, 9.17) is 4.74 Å². The van der Waals surface area contributed by atoms with Crippen LogP contribution in [0.3, 0.4) is 0 Å². The minimum Gasteiger partial charge on any atom is -1.00 e. The van der Waals surface area contributed by atoms with E-state index in [2.05, 4.69) is 4.74 Å². The topological polar surface area (TPSA) is 61.4 Å². The predicted molar refractivity (Wildman–Crippen MR) is 57.9 cm³/mol. The molecule has 0 aliphatic rings. The standard InChI is InChI=1S/C11H17N2O4.BrH/c1-5-17-10(15)11(2,9(14)16-4)13-7-6-12(3)8-13;/h6-8H,5H2,1-4H3;1H/q+1;/p-1. The highest BCUT2D eigenvalue weighted by atomic mass is 79.9. The Kier molecular flexibility index (Phi) is 6.04. The number of rotatable bonds is 4. The summed E-state index contributed by atoms with van der Waals surface area (Å²) < 4.78 is 12.8. The average Bonchev–Trinajstić information content (AvgIpc) is 2.74. The SMILES string of the molecule is CCOC(=O)C(C)(C(=O)OC)n1cc[n+](C)c1.[Br-]. The largest absolute Gasteiger partial charge is 1.00 e. The molecule has 0 radical (unpaired) electrons. The van der Waals surface area contributed by atoms with Crippen LogP contribution in [0.4, 0.5) is 0 Å². The third kappa shape index (κ3) is 2.90. The van der Waals surface area contributed by atoms with E-state index in [0.29, 0.717) is 0 Å². The van der Waals surface area contributed by atoms with E-state index in [1.54, 1.807) is 37.3 Å². The first-order chi connectivity index (χ1) is 7.96. The molecule has 1 heterocycles. The number of hydrogen-bond acceptors (Lipinski definition) is 4. The summed E-state index contributed by atoms with van der Waals surface area (Å²) in [5.74, 6) is -1.30. The van der Waals surface area contributed by atoms with Gasteiger partial charge in [0, 0.05) is 6.92 Å². The number of esters is 2. The second kappa shape index (κ2) is 6.53. The number of nitrogens with zero attached hydrogens (tertiary/aromatic N) is 2. The minimum absolute atomic E-state index is 0. The molecule has 0 aliphatic heterocycles. The lowest BCUT2D eigenvalue weighted by Gasteiger charge is -2.20. The Morgan fingerprint density at radius 3 is 2.39 bits per heavy atom. The summed E-state index contributed by atoms with van der Waals surface area (Å²) in [6.07, 6.45) is 4.96. The number of imidazole rings is 1. The van der Waals surface area contributed by atoms with Crippen LogP contribution in [-0.4, -0.2) is 30.2 Å². The van der Waals surface area contributed by atoms with Gasteiger partial charge in [-0.1, -0.05) is 0 Å². The van der Waals surface area contributed by atoms with Crippen LogP contribution < -0.4 is 21.5 Å². The average molecular weight is 321 g/mol. The number of carbonyl (C=O) groups is 2. The van der Waals surface area contributed by atoms with Crippen molar-refractivity contribution >= 4 is 11.9 Å². The van der Waals surface area contributed by atoms with Crippen LogP contribution in [0.15, 0.2) is 18.7 Å². The maximum Gasteiger partial charge on any atom is 0.366 e. The van der Waals surface area contributed by atoms with Crippen molar-refractivity contribution in [2.45, 2.75) is 19.4 Å². The molecule has 0 saturated carbocycles. The first-order valence-corrected chi connectivity index (χ1v) is 5.26. The Balaban J connectivity index is 0.00000289. The summed E-state index contributed by atoms with van der Waals surface area (Å²) in [6, 6.07) is 0. The highest BCUT2D eigenvalue weighted by molar-refractivity contribution is 6.01. The van der Waals surface area contributed by atoms with Gasteiger partial charge in [-0.15, -0.1) is 0 Å². The first-order valence-electron chi connectivity index (χ1n) is 5.26. The van der Waals surface area contributed by atoms with Gasteiger partial charge < -0.3 is 26.5 Å². The van der Waals surface area contributed by atoms with Gasteiger partial charge in [0.05, 0.1) is 20.8 Å². The molecule has 18 heavy (non-hydrogen) atoms. The zero-order valence-electron chi connectivity index (χ0n) is 10.8. The molecule has 0 amide bonds. The summed E-state index contributed by atoms with van der Waals surface area (Å²) in [7, 11) is 3.03. The molecule has 102 valence electrons. The van der Waals surface area contributed by atoms with E-state index in [0.717, 1.165) is 0 Å². The monoisotopic (exact) mass is 320 g/mol. The first kappa shape index (κ1) is 16.6. The molecule has 0 fully saturated rings. The van der Waals surface area contributed by atoms with Gasteiger partial charge in [0.1, 0.15) is 12.4 Å². The van der Waals surface area contributed by atoms with Gasteiger partial charge in [-0.3, -0.25) is 0 Å². The van der Waals surface area contributed by atoms with Gasteiger partial charge in [0.25, 0.3) is 0 Å². The fourth-order valence-corrected chi connectivity index (χ4v) is 1.48. The quantitative estimate of drug-likeness (QED) is 0.332.